The van der Waals surface area contributed by atoms with Crippen molar-refractivity contribution in [1.29, 1.82) is 0 Å². The van der Waals surface area contributed by atoms with Crippen LogP contribution >= 0.6 is 11.3 Å². The summed E-state index contributed by atoms with van der Waals surface area (Å²) < 4.78 is 7.53. The Morgan fingerprint density at radius 1 is 0.345 bits per heavy atom. The molecule has 2 nitrogen and oxygen atoms in total. The predicted molar refractivity (Wildman–Crippen MR) is 236 cm³/mol. The minimum Gasteiger partial charge on any atom is -0.309 e. The zero-order chi connectivity index (χ0) is 36.0. The van der Waals surface area contributed by atoms with E-state index in [1.165, 1.54) is 108 Å². The number of fused-ring (bicyclic) bond motifs is 10. The lowest BCUT2D eigenvalue weighted by Crippen LogP contribution is -1.94. The van der Waals surface area contributed by atoms with Gasteiger partial charge < -0.3 is 9.13 Å². The summed E-state index contributed by atoms with van der Waals surface area (Å²) in [6, 6.07) is 71.4. The van der Waals surface area contributed by atoms with Crippen LogP contribution in [0.3, 0.4) is 0 Å². The van der Waals surface area contributed by atoms with Gasteiger partial charge in [0.1, 0.15) is 0 Å². The van der Waals surface area contributed by atoms with Crippen molar-refractivity contribution in [3.8, 4) is 33.6 Å². The molecule has 3 heteroatoms. The largest absolute Gasteiger partial charge is 0.309 e. The minimum atomic E-state index is 1.17. The number of para-hydroxylation sites is 2. The van der Waals surface area contributed by atoms with Gasteiger partial charge in [-0.15, -0.1) is 11.3 Å². The molecule has 0 bridgehead atoms. The molecule has 0 aliphatic carbocycles. The molecule has 0 saturated heterocycles. The second-order valence-corrected chi connectivity index (χ2v) is 15.5. The molecule has 3 heterocycles. The van der Waals surface area contributed by atoms with Gasteiger partial charge in [0.15, 0.2) is 0 Å². The summed E-state index contributed by atoms with van der Waals surface area (Å²) in [5.74, 6) is 0. The fraction of sp³-hybridized carbons (Fsp3) is 0. The minimum absolute atomic E-state index is 1.17. The summed E-state index contributed by atoms with van der Waals surface area (Å²) in [5, 5.41) is 10.2. The molecule has 12 rings (SSSR count). The maximum atomic E-state index is 2.53. The van der Waals surface area contributed by atoms with E-state index < -0.39 is 0 Å². The van der Waals surface area contributed by atoms with E-state index in [9.17, 15) is 0 Å². The molecule has 9 aromatic carbocycles. The molecule has 0 spiro atoms. The van der Waals surface area contributed by atoms with Gasteiger partial charge in [-0.1, -0.05) is 133 Å². The number of hydrogen-bond acceptors (Lipinski definition) is 1. The normalized spacial score (nSPS) is 12.0. The summed E-state index contributed by atoms with van der Waals surface area (Å²) >= 11 is 1.89. The van der Waals surface area contributed by atoms with Crippen LogP contribution in [-0.2, 0) is 0 Å². The maximum absolute atomic E-state index is 2.53. The van der Waals surface area contributed by atoms with Gasteiger partial charge in [0, 0.05) is 42.7 Å². The van der Waals surface area contributed by atoms with Crippen molar-refractivity contribution in [3.63, 3.8) is 0 Å². The van der Waals surface area contributed by atoms with Gasteiger partial charge in [0.2, 0.25) is 0 Å². The fourth-order valence-electron chi connectivity index (χ4n) is 9.10. The van der Waals surface area contributed by atoms with E-state index in [2.05, 4.69) is 203 Å². The smallest absolute Gasteiger partial charge is 0.0640 e. The Hall–Kier alpha value is -6.94. The Kier molecular flexibility index (Phi) is 6.54. The van der Waals surface area contributed by atoms with E-state index in [0.717, 1.165) is 0 Å². The molecule has 0 radical (unpaired) electrons. The highest BCUT2D eigenvalue weighted by Gasteiger charge is 2.22. The first kappa shape index (κ1) is 30.5. The molecule has 0 fully saturated rings. The molecule has 0 saturated carbocycles. The monoisotopic (exact) mass is 716 g/mol. The van der Waals surface area contributed by atoms with Crippen molar-refractivity contribution >= 4 is 85.9 Å². The van der Waals surface area contributed by atoms with Crippen molar-refractivity contribution < 1.29 is 0 Å². The van der Waals surface area contributed by atoms with E-state index in [4.69, 9.17) is 0 Å². The predicted octanol–water partition coefficient (Wildman–Crippen LogP) is 14.7. The summed E-state index contributed by atoms with van der Waals surface area (Å²) in [6.07, 6.45) is 0. The van der Waals surface area contributed by atoms with Gasteiger partial charge in [-0.3, -0.25) is 0 Å². The van der Waals surface area contributed by atoms with Crippen LogP contribution in [0, 0.1) is 0 Å². The fourth-order valence-corrected chi connectivity index (χ4v) is 10.3. The lowest BCUT2D eigenvalue weighted by Gasteiger charge is -2.13. The topological polar surface area (TPSA) is 9.86 Å². The van der Waals surface area contributed by atoms with Crippen LogP contribution in [-0.4, -0.2) is 9.13 Å². The zero-order valence-corrected chi connectivity index (χ0v) is 30.6. The Balaban J connectivity index is 1.18. The van der Waals surface area contributed by atoms with Crippen LogP contribution in [0.2, 0.25) is 0 Å². The Bertz CT molecular complexity index is 3470. The molecule has 0 amide bonds. The number of thiophene rings is 1. The van der Waals surface area contributed by atoms with Crippen molar-refractivity contribution in [3.05, 3.63) is 194 Å². The van der Waals surface area contributed by atoms with Crippen LogP contribution in [0.1, 0.15) is 0 Å². The van der Waals surface area contributed by atoms with Gasteiger partial charge in [0.25, 0.3) is 0 Å². The van der Waals surface area contributed by atoms with Crippen LogP contribution in [0.25, 0.3) is 108 Å². The third kappa shape index (κ3) is 4.48. The molecule has 0 aliphatic rings. The summed E-state index contributed by atoms with van der Waals surface area (Å²) in [4.78, 5) is 0. The lowest BCUT2D eigenvalue weighted by molar-refractivity contribution is 1.18. The van der Waals surface area contributed by atoms with Gasteiger partial charge >= 0.3 is 0 Å². The highest BCUT2D eigenvalue weighted by atomic mass is 32.1. The Labute approximate surface area is 321 Å². The molecule has 0 unspecified atom stereocenters. The molecule has 0 atom stereocenters. The maximum Gasteiger partial charge on any atom is 0.0640 e. The average Bonchev–Trinajstić information content (AvgIpc) is 3.90. The van der Waals surface area contributed by atoms with Gasteiger partial charge in [-0.2, -0.15) is 0 Å². The SMILES string of the molecule is c1ccc(-c2c3ccccc3cc3c2c2cc(-c4ccc5c(c4)c4ccccc4n5-c4ccccc4)ccc2n3-c2cccc3c2sc2ccccc23)cc1. The highest BCUT2D eigenvalue weighted by Crippen LogP contribution is 2.46. The van der Waals surface area contributed by atoms with Crippen LogP contribution < -0.4 is 0 Å². The number of hydrogen-bond donors (Lipinski definition) is 0. The number of aromatic nitrogens is 2. The van der Waals surface area contributed by atoms with E-state index in [1.54, 1.807) is 0 Å². The van der Waals surface area contributed by atoms with Gasteiger partial charge in [-0.25, -0.2) is 0 Å². The standard InChI is InChI=1S/C52H32N2S/c1-3-14-33(15-4-1)50-38-19-8-7-16-36(38)32-48-51(50)43-31-35(27-29-46(43)54(48)47-24-13-22-41-40-21-10-12-25-49(40)55-52(41)47)34-26-28-45-42(30-34)39-20-9-11-23-44(39)53(45)37-17-5-2-6-18-37/h1-32H. The molecular weight excluding hydrogens is 685 g/mol. The molecule has 3 aromatic heterocycles. The van der Waals surface area contributed by atoms with E-state index in [0.29, 0.717) is 0 Å². The number of rotatable bonds is 4. The third-order valence-corrected chi connectivity index (χ3v) is 12.7. The zero-order valence-electron chi connectivity index (χ0n) is 29.8. The lowest BCUT2D eigenvalue weighted by atomic mass is 9.92. The average molecular weight is 717 g/mol. The summed E-state index contributed by atoms with van der Waals surface area (Å²) in [5.41, 5.74) is 12.2. The second-order valence-electron chi connectivity index (χ2n) is 14.5. The van der Waals surface area contributed by atoms with Gasteiger partial charge in [-0.05, 0) is 93.7 Å². The first-order valence-electron chi connectivity index (χ1n) is 18.9. The number of nitrogens with zero attached hydrogens (tertiary/aromatic N) is 2. The molecule has 55 heavy (non-hydrogen) atoms. The van der Waals surface area contributed by atoms with E-state index >= 15 is 0 Å². The molecule has 0 aliphatic heterocycles. The van der Waals surface area contributed by atoms with Crippen molar-refractivity contribution in [1.82, 2.24) is 9.13 Å². The molecule has 0 N–H and O–H groups in total. The van der Waals surface area contributed by atoms with E-state index in [1.807, 2.05) is 11.3 Å². The van der Waals surface area contributed by atoms with Crippen molar-refractivity contribution in [2.45, 2.75) is 0 Å². The first-order chi connectivity index (χ1) is 27.3. The van der Waals surface area contributed by atoms with Crippen LogP contribution in [0.4, 0.5) is 0 Å². The first-order valence-corrected chi connectivity index (χ1v) is 19.7. The van der Waals surface area contributed by atoms with E-state index in [-0.39, 0.29) is 0 Å². The summed E-state index contributed by atoms with van der Waals surface area (Å²) in [6.45, 7) is 0. The molecule has 12 aromatic rings. The van der Waals surface area contributed by atoms with Gasteiger partial charge in [0.05, 0.1) is 32.5 Å². The van der Waals surface area contributed by atoms with Crippen molar-refractivity contribution in [2.24, 2.45) is 0 Å². The number of benzene rings is 9. The van der Waals surface area contributed by atoms with Crippen molar-refractivity contribution in [2.75, 3.05) is 0 Å². The Morgan fingerprint density at radius 2 is 0.964 bits per heavy atom. The molecule has 256 valence electrons. The van der Waals surface area contributed by atoms with Crippen LogP contribution in [0.5, 0.6) is 0 Å². The van der Waals surface area contributed by atoms with Crippen LogP contribution in [0.15, 0.2) is 194 Å². The molecular formula is C52H32N2S. The third-order valence-electron chi connectivity index (χ3n) is 11.5. The summed E-state index contributed by atoms with van der Waals surface area (Å²) in [7, 11) is 0. The highest BCUT2D eigenvalue weighted by molar-refractivity contribution is 7.26. The quantitative estimate of drug-likeness (QED) is 0.172. The second kappa shape index (κ2) is 11.8. The Morgan fingerprint density at radius 3 is 1.78 bits per heavy atom.